The number of ketones is 1. The smallest absolute Gasteiger partial charge is 0.300 e. The summed E-state index contributed by atoms with van der Waals surface area (Å²) in [4.78, 5) is 27.5. The average Bonchev–Trinajstić information content (AvgIpc) is 3.14. The Kier molecular flexibility index (Phi) is 6.82. The van der Waals surface area contributed by atoms with Gasteiger partial charge in [-0.15, -0.1) is 0 Å². The van der Waals surface area contributed by atoms with E-state index in [9.17, 15) is 23.1 Å². The van der Waals surface area contributed by atoms with Crippen LogP contribution in [0.4, 0.5) is 5.69 Å². The number of amides is 1. The normalized spacial score (nSPS) is 17.3. The molecule has 1 saturated heterocycles. The van der Waals surface area contributed by atoms with Crippen molar-refractivity contribution in [3.05, 3.63) is 89.5 Å². The molecule has 0 aromatic heterocycles. The highest BCUT2D eigenvalue weighted by molar-refractivity contribution is 7.89. The van der Waals surface area contributed by atoms with Gasteiger partial charge in [-0.1, -0.05) is 12.1 Å². The lowest BCUT2D eigenvalue weighted by molar-refractivity contribution is -0.132. The number of Topliss-reactive ketones (excluding diaryl/α,β-unsaturated/α-hetero) is 1. The molecule has 3 aromatic rings. The molecule has 1 aliphatic rings. The summed E-state index contributed by atoms with van der Waals surface area (Å²) in [6.07, 6.45) is 0. The zero-order valence-corrected chi connectivity index (χ0v) is 20.4. The molecule has 1 amide bonds. The topological polar surface area (TPSA) is 136 Å². The quantitative estimate of drug-likeness (QED) is 0.284. The summed E-state index contributed by atoms with van der Waals surface area (Å²) >= 11 is 0. The number of hydrogen-bond donors (Lipinski definition) is 2. The molecule has 0 saturated carbocycles. The molecule has 186 valence electrons. The van der Waals surface area contributed by atoms with Crippen LogP contribution in [0, 0.1) is 0 Å². The van der Waals surface area contributed by atoms with E-state index >= 15 is 0 Å². The molecular weight excluding hydrogens is 484 g/mol. The Bertz CT molecular complexity index is 1430. The Morgan fingerprint density at radius 3 is 2.06 bits per heavy atom. The molecule has 1 heterocycles. The van der Waals surface area contributed by atoms with Crippen LogP contribution in [0.25, 0.3) is 5.76 Å². The second-order valence-corrected chi connectivity index (χ2v) is 9.50. The van der Waals surface area contributed by atoms with Crippen LogP contribution in [0.3, 0.4) is 0 Å². The standard InChI is InChI=1S/C26H24N2O7S/c1-3-35-20-12-6-17(7-13-20)24(29)22-23(16-4-10-19(34-2)11-5-16)28(26(31)25(22)30)18-8-14-21(15-9-18)36(27,32)33/h4-15,23,29H,3H2,1-2H3,(H2,27,32,33)/b24-22+. The Morgan fingerprint density at radius 1 is 0.944 bits per heavy atom. The lowest BCUT2D eigenvalue weighted by atomic mass is 9.95. The minimum atomic E-state index is -3.95. The monoisotopic (exact) mass is 508 g/mol. The fourth-order valence-corrected chi connectivity index (χ4v) is 4.54. The van der Waals surface area contributed by atoms with Crippen LogP contribution in [0.15, 0.2) is 83.3 Å². The van der Waals surface area contributed by atoms with Crippen LogP contribution in [-0.4, -0.2) is 38.9 Å². The number of rotatable bonds is 7. The van der Waals surface area contributed by atoms with Gasteiger partial charge in [0.1, 0.15) is 17.3 Å². The molecular formula is C26H24N2O7S. The van der Waals surface area contributed by atoms with Crippen LogP contribution in [0.5, 0.6) is 11.5 Å². The van der Waals surface area contributed by atoms with E-state index in [1.807, 2.05) is 6.92 Å². The predicted octanol–water partition coefficient (Wildman–Crippen LogP) is 3.37. The highest BCUT2D eigenvalue weighted by Gasteiger charge is 2.47. The van der Waals surface area contributed by atoms with Gasteiger partial charge in [0.25, 0.3) is 11.7 Å². The third-order valence-electron chi connectivity index (χ3n) is 5.76. The van der Waals surface area contributed by atoms with E-state index < -0.39 is 27.8 Å². The molecule has 0 spiro atoms. The van der Waals surface area contributed by atoms with Gasteiger partial charge in [-0.25, -0.2) is 13.6 Å². The lowest BCUT2D eigenvalue weighted by Gasteiger charge is -2.25. The second-order valence-electron chi connectivity index (χ2n) is 7.94. The first-order valence-corrected chi connectivity index (χ1v) is 12.5. The van der Waals surface area contributed by atoms with Crippen molar-refractivity contribution in [1.82, 2.24) is 0 Å². The number of sulfonamides is 1. The minimum absolute atomic E-state index is 0.107. The first-order chi connectivity index (χ1) is 17.2. The number of ether oxygens (including phenoxy) is 2. The summed E-state index contributed by atoms with van der Waals surface area (Å²) < 4.78 is 34.0. The Balaban J connectivity index is 1.87. The second kappa shape index (κ2) is 9.84. The number of carbonyl (C=O) groups excluding carboxylic acids is 2. The molecule has 9 nitrogen and oxygen atoms in total. The van der Waals surface area contributed by atoms with Crippen molar-refractivity contribution in [1.29, 1.82) is 0 Å². The summed E-state index contributed by atoms with van der Waals surface area (Å²) in [6, 6.07) is 17.5. The molecule has 10 heteroatoms. The first kappa shape index (κ1) is 25.0. The van der Waals surface area contributed by atoms with E-state index in [-0.39, 0.29) is 21.9 Å². The molecule has 0 aliphatic carbocycles. The molecule has 3 N–H and O–H groups in total. The van der Waals surface area contributed by atoms with Crippen molar-refractivity contribution in [2.24, 2.45) is 5.14 Å². The van der Waals surface area contributed by atoms with E-state index in [4.69, 9.17) is 14.6 Å². The number of aliphatic hydroxyl groups excluding tert-OH is 1. The maximum atomic E-state index is 13.2. The van der Waals surface area contributed by atoms with Crippen molar-refractivity contribution in [3.63, 3.8) is 0 Å². The van der Waals surface area contributed by atoms with E-state index in [1.165, 1.54) is 36.3 Å². The fraction of sp³-hybridized carbons (Fsp3) is 0.154. The zero-order chi connectivity index (χ0) is 26.0. The van der Waals surface area contributed by atoms with E-state index in [0.717, 1.165) is 0 Å². The molecule has 1 unspecified atom stereocenters. The summed E-state index contributed by atoms with van der Waals surface area (Å²) in [5.41, 5.74) is 1.03. The van der Waals surface area contributed by atoms with Crippen molar-refractivity contribution < 1.29 is 32.6 Å². The maximum Gasteiger partial charge on any atom is 0.300 e. The van der Waals surface area contributed by atoms with Gasteiger partial charge < -0.3 is 14.6 Å². The third kappa shape index (κ3) is 4.68. The Labute approximate surface area is 208 Å². The molecule has 4 rings (SSSR count). The van der Waals surface area contributed by atoms with Gasteiger partial charge in [0, 0.05) is 11.3 Å². The summed E-state index contributed by atoms with van der Waals surface area (Å²) in [5, 5.41) is 16.4. The number of anilines is 1. The maximum absolute atomic E-state index is 13.2. The summed E-state index contributed by atoms with van der Waals surface area (Å²) in [7, 11) is -2.44. The number of carbonyl (C=O) groups is 2. The molecule has 1 atom stereocenters. The Morgan fingerprint density at radius 2 is 1.53 bits per heavy atom. The fourth-order valence-electron chi connectivity index (χ4n) is 4.03. The van der Waals surface area contributed by atoms with Gasteiger partial charge in [-0.05, 0) is 73.2 Å². The van der Waals surface area contributed by atoms with Gasteiger partial charge in [0.05, 0.1) is 30.2 Å². The highest BCUT2D eigenvalue weighted by Crippen LogP contribution is 2.42. The summed E-state index contributed by atoms with van der Waals surface area (Å²) in [5.74, 6) is -0.930. The highest BCUT2D eigenvalue weighted by atomic mass is 32.2. The van der Waals surface area contributed by atoms with Crippen molar-refractivity contribution in [2.75, 3.05) is 18.6 Å². The Hall–Kier alpha value is -4.15. The van der Waals surface area contributed by atoms with Crippen LogP contribution >= 0.6 is 0 Å². The van der Waals surface area contributed by atoms with E-state index in [1.54, 1.807) is 48.5 Å². The number of methoxy groups -OCH3 is 1. The van der Waals surface area contributed by atoms with Crippen molar-refractivity contribution in [3.8, 4) is 11.5 Å². The first-order valence-electron chi connectivity index (χ1n) is 11.0. The SMILES string of the molecule is CCOc1ccc(/C(O)=C2\C(=O)C(=O)N(c3ccc(S(N)(=O)=O)cc3)C2c2ccc(OC)cc2)cc1. The van der Waals surface area contributed by atoms with Crippen LogP contribution < -0.4 is 19.5 Å². The van der Waals surface area contributed by atoms with Crippen LogP contribution in [0.1, 0.15) is 24.1 Å². The number of benzene rings is 3. The minimum Gasteiger partial charge on any atom is -0.507 e. The van der Waals surface area contributed by atoms with Gasteiger partial charge in [0.2, 0.25) is 10.0 Å². The molecule has 36 heavy (non-hydrogen) atoms. The average molecular weight is 509 g/mol. The van der Waals surface area contributed by atoms with Gasteiger partial charge in [0.15, 0.2) is 0 Å². The van der Waals surface area contributed by atoms with Gasteiger partial charge in [-0.2, -0.15) is 0 Å². The van der Waals surface area contributed by atoms with E-state index in [2.05, 4.69) is 0 Å². The van der Waals surface area contributed by atoms with Crippen molar-refractivity contribution >= 4 is 33.2 Å². The summed E-state index contributed by atoms with van der Waals surface area (Å²) in [6.45, 7) is 2.32. The third-order valence-corrected chi connectivity index (χ3v) is 6.69. The number of hydrogen-bond acceptors (Lipinski definition) is 7. The zero-order valence-electron chi connectivity index (χ0n) is 19.5. The molecule has 0 radical (unpaired) electrons. The number of nitrogens with two attached hydrogens (primary N) is 1. The largest absolute Gasteiger partial charge is 0.507 e. The van der Waals surface area contributed by atoms with Gasteiger partial charge in [-0.3, -0.25) is 14.5 Å². The van der Waals surface area contributed by atoms with Crippen LogP contribution in [-0.2, 0) is 19.6 Å². The lowest BCUT2D eigenvalue weighted by Crippen LogP contribution is -2.29. The van der Waals surface area contributed by atoms with Gasteiger partial charge >= 0.3 is 0 Å². The number of nitrogens with zero attached hydrogens (tertiary/aromatic N) is 1. The molecule has 1 aliphatic heterocycles. The predicted molar refractivity (Wildman–Crippen MR) is 133 cm³/mol. The number of aliphatic hydroxyl groups is 1. The number of primary sulfonamides is 1. The molecule has 1 fully saturated rings. The molecule has 3 aromatic carbocycles. The molecule has 0 bridgehead atoms. The van der Waals surface area contributed by atoms with E-state index in [0.29, 0.717) is 29.2 Å². The van der Waals surface area contributed by atoms with Crippen molar-refractivity contribution in [2.45, 2.75) is 17.9 Å². The van der Waals surface area contributed by atoms with Crippen LogP contribution in [0.2, 0.25) is 0 Å².